The van der Waals surface area contributed by atoms with Crippen LogP contribution >= 0.6 is 11.6 Å². The number of nitrogens with zero attached hydrogens (tertiary/aromatic N) is 1. The molecule has 0 bridgehead atoms. The molecule has 1 aliphatic rings. The van der Waals surface area contributed by atoms with Crippen LogP contribution in [0.3, 0.4) is 0 Å². The molecule has 8 heteroatoms. The maximum Gasteiger partial charge on any atom is 0.263 e. The van der Waals surface area contributed by atoms with Crippen molar-refractivity contribution in [1.29, 1.82) is 0 Å². The van der Waals surface area contributed by atoms with Gasteiger partial charge in [-0.05, 0) is 36.8 Å². The van der Waals surface area contributed by atoms with E-state index in [2.05, 4.69) is 15.0 Å². The number of anilines is 1. The molecular formula is C16H14ClN3O3S. The molecule has 0 unspecified atom stereocenters. The quantitative estimate of drug-likeness (QED) is 0.877. The molecule has 3 rings (SSSR count). The van der Waals surface area contributed by atoms with Gasteiger partial charge < -0.3 is 5.32 Å². The molecule has 6 nitrogen and oxygen atoms in total. The highest BCUT2D eigenvalue weighted by atomic mass is 35.5. The van der Waals surface area contributed by atoms with Crippen LogP contribution < -0.4 is 10.0 Å². The minimum atomic E-state index is -3.60. The van der Waals surface area contributed by atoms with E-state index in [0.29, 0.717) is 16.3 Å². The van der Waals surface area contributed by atoms with Gasteiger partial charge in [0.25, 0.3) is 10.0 Å². The van der Waals surface area contributed by atoms with E-state index in [1.807, 2.05) is 6.92 Å². The van der Waals surface area contributed by atoms with Crippen molar-refractivity contribution in [3.05, 3.63) is 58.6 Å². The van der Waals surface area contributed by atoms with Gasteiger partial charge in [-0.2, -0.15) is 0 Å². The molecule has 0 saturated carbocycles. The van der Waals surface area contributed by atoms with Crippen molar-refractivity contribution in [2.75, 3.05) is 11.9 Å². The Morgan fingerprint density at radius 1 is 1.25 bits per heavy atom. The maximum atomic E-state index is 12.1. The molecule has 2 aromatic carbocycles. The Bertz CT molecular complexity index is 955. The van der Waals surface area contributed by atoms with Gasteiger partial charge in [0.15, 0.2) is 0 Å². The number of benzene rings is 2. The third-order valence-corrected chi connectivity index (χ3v) is 5.15. The summed E-state index contributed by atoms with van der Waals surface area (Å²) in [5.41, 5.74) is 1.93. The van der Waals surface area contributed by atoms with Crippen molar-refractivity contribution in [2.24, 2.45) is 4.99 Å². The van der Waals surface area contributed by atoms with Gasteiger partial charge in [0.2, 0.25) is 5.91 Å². The summed E-state index contributed by atoms with van der Waals surface area (Å²) >= 11 is 5.91. The number of rotatable bonds is 3. The average molecular weight is 364 g/mol. The molecule has 1 amide bonds. The number of aliphatic imine (C=N–C) groups is 1. The van der Waals surface area contributed by atoms with Crippen molar-refractivity contribution in [3.8, 4) is 0 Å². The van der Waals surface area contributed by atoms with Crippen molar-refractivity contribution in [3.63, 3.8) is 0 Å². The Kier molecular flexibility index (Phi) is 4.29. The summed E-state index contributed by atoms with van der Waals surface area (Å²) in [5, 5.41) is 3.23. The Labute approximate surface area is 144 Å². The summed E-state index contributed by atoms with van der Waals surface area (Å²) in [6.07, 6.45) is 0. The predicted molar refractivity (Wildman–Crippen MR) is 93.0 cm³/mol. The number of carbonyl (C=O) groups is 1. The average Bonchev–Trinajstić information content (AvgIpc) is 2.80. The second-order valence-electron chi connectivity index (χ2n) is 5.27. The van der Waals surface area contributed by atoms with E-state index in [9.17, 15) is 13.2 Å². The largest absolute Gasteiger partial charge is 0.324 e. The predicted octanol–water partition coefficient (Wildman–Crippen LogP) is 2.33. The molecule has 0 aromatic heterocycles. The molecular weight excluding hydrogens is 350 g/mol. The van der Waals surface area contributed by atoms with Crippen LogP contribution in [-0.2, 0) is 14.8 Å². The smallest absolute Gasteiger partial charge is 0.263 e. The Hall–Kier alpha value is -2.38. The molecule has 1 heterocycles. The van der Waals surface area contributed by atoms with E-state index in [1.54, 1.807) is 36.4 Å². The standard InChI is InChI=1S/C16H14ClN3O3S/c1-10-6-7-11(17)8-13(10)19-15(21)9-18-16-12-4-2-3-5-14(12)24(22,23)20-16/h2-8H,9H2,1H3,(H,18,20)(H,19,21). The first-order valence-corrected chi connectivity index (χ1v) is 8.95. The highest BCUT2D eigenvalue weighted by molar-refractivity contribution is 7.90. The lowest BCUT2D eigenvalue weighted by Gasteiger charge is -2.07. The minimum absolute atomic E-state index is 0.162. The van der Waals surface area contributed by atoms with Crippen LogP contribution in [0.2, 0.25) is 5.02 Å². The van der Waals surface area contributed by atoms with Crippen LogP contribution in [-0.4, -0.2) is 26.7 Å². The molecule has 0 aliphatic carbocycles. The van der Waals surface area contributed by atoms with E-state index in [1.165, 1.54) is 6.07 Å². The van der Waals surface area contributed by atoms with E-state index in [-0.39, 0.29) is 23.2 Å². The fourth-order valence-electron chi connectivity index (χ4n) is 2.32. The lowest BCUT2D eigenvalue weighted by molar-refractivity contribution is -0.114. The Morgan fingerprint density at radius 2 is 2.00 bits per heavy atom. The van der Waals surface area contributed by atoms with Gasteiger partial charge in [0.05, 0.1) is 4.90 Å². The zero-order valence-corrected chi connectivity index (χ0v) is 14.3. The van der Waals surface area contributed by atoms with E-state index < -0.39 is 10.0 Å². The molecule has 0 fully saturated rings. The molecule has 0 radical (unpaired) electrons. The van der Waals surface area contributed by atoms with Crippen LogP contribution in [0.4, 0.5) is 5.69 Å². The van der Waals surface area contributed by atoms with Gasteiger partial charge in [-0.3, -0.25) is 14.5 Å². The third kappa shape index (κ3) is 3.27. The molecule has 24 heavy (non-hydrogen) atoms. The first kappa shape index (κ1) is 16.5. The SMILES string of the molecule is Cc1ccc(Cl)cc1NC(=O)CN=C1NS(=O)(=O)c2ccccc21. The second-order valence-corrected chi connectivity index (χ2v) is 7.36. The zero-order chi connectivity index (χ0) is 17.3. The first-order chi connectivity index (χ1) is 11.4. The van der Waals surface area contributed by atoms with Gasteiger partial charge in [-0.1, -0.05) is 29.8 Å². The van der Waals surface area contributed by atoms with E-state index in [4.69, 9.17) is 11.6 Å². The minimum Gasteiger partial charge on any atom is -0.324 e. The fraction of sp³-hybridized carbons (Fsp3) is 0.125. The molecule has 124 valence electrons. The number of carbonyl (C=O) groups excluding carboxylic acids is 1. The number of fused-ring (bicyclic) bond motifs is 1. The lowest BCUT2D eigenvalue weighted by atomic mass is 10.2. The molecule has 0 saturated heterocycles. The number of aryl methyl sites for hydroxylation is 1. The van der Waals surface area contributed by atoms with Crippen molar-refractivity contribution >= 4 is 39.1 Å². The van der Waals surface area contributed by atoms with Crippen LogP contribution in [0.15, 0.2) is 52.4 Å². The zero-order valence-electron chi connectivity index (χ0n) is 12.7. The lowest BCUT2D eigenvalue weighted by Crippen LogP contribution is -2.24. The number of halogens is 1. The van der Waals surface area contributed by atoms with Crippen LogP contribution in [0.1, 0.15) is 11.1 Å². The molecule has 0 atom stereocenters. The normalized spacial score (nSPS) is 16.5. The summed E-state index contributed by atoms with van der Waals surface area (Å²) in [4.78, 5) is 16.3. The topological polar surface area (TPSA) is 87.6 Å². The van der Waals surface area contributed by atoms with Crippen LogP contribution in [0, 0.1) is 6.92 Å². The number of amidine groups is 1. The highest BCUT2D eigenvalue weighted by Gasteiger charge is 2.30. The molecule has 1 aliphatic heterocycles. The van der Waals surface area contributed by atoms with Crippen LogP contribution in [0.25, 0.3) is 0 Å². The molecule has 2 aromatic rings. The van der Waals surface area contributed by atoms with Gasteiger partial charge in [0.1, 0.15) is 12.4 Å². The summed E-state index contributed by atoms with van der Waals surface area (Å²) in [7, 11) is -3.60. The number of hydrogen-bond acceptors (Lipinski definition) is 4. The number of nitrogens with one attached hydrogen (secondary N) is 2. The highest BCUT2D eigenvalue weighted by Crippen LogP contribution is 2.22. The Balaban J connectivity index is 1.77. The third-order valence-electron chi connectivity index (χ3n) is 3.52. The van der Waals surface area contributed by atoms with Crippen LogP contribution in [0.5, 0.6) is 0 Å². The molecule has 2 N–H and O–H groups in total. The number of hydrogen-bond donors (Lipinski definition) is 2. The summed E-state index contributed by atoms with van der Waals surface area (Å²) in [6, 6.07) is 11.7. The maximum absolute atomic E-state index is 12.1. The van der Waals surface area contributed by atoms with E-state index >= 15 is 0 Å². The first-order valence-electron chi connectivity index (χ1n) is 7.09. The van der Waals surface area contributed by atoms with Gasteiger partial charge in [-0.15, -0.1) is 0 Å². The second kappa shape index (κ2) is 6.26. The monoisotopic (exact) mass is 363 g/mol. The summed E-state index contributed by atoms with van der Waals surface area (Å²) < 4.78 is 26.3. The van der Waals surface area contributed by atoms with Crippen molar-refractivity contribution in [1.82, 2.24) is 4.72 Å². The van der Waals surface area contributed by atoms with Gasteiger partial charge >= 0.3 is 0 Å². The number of sulfonamides is 1. The summed E-state index contributed by atoms with van der Waals surface area (Å²) in [6.45, 7) is 1.64. The Morgan fingerprint density at radius 3 is 2.79 bits per heavy atom. The number of amides is 1. The van der Waals surface area contributed by atoms with Gasteiger partial charge in [0, 0.05) is 16.3 Å². The van der Waals surface area contributed by atoms with Gasteiger partial charge in [-0.25, -0.2) is 8.42 Å². The molecule has 0 spiro atoms. The summed E-state index contributed by atoms with van der Waals surface area (Å²) in [5.74, 6) is -0.194. The van der Waals surface area contributed by atoms with Crippen molar-refractivity contribution in [2.45, 2.75) is 11.8 Å². The van der Waals surface area contributed by atoms with E-state index in [0.717, 1.165) is 5.56 Å². The fourth-order valence-corrected chi connectivity index (χ4v) is 3.74. The van der Waals surface area contributed by atoms with Crippen molar-refractivity contribution < 1.29 is 13.2 Å².